The number of aliphatic hydroxyl groups excluding tert-OH is 4. The first-order valence-electron chi connectivity index (χ1n) is 5.57. The molecule has 1 saturated heterocycles. The first-order valence-corrected chi connectivity index (χ1v) is 5.57. The molecule has 0 bridgehead atoms. The van der Waals surface area contributed by atoms with E-state index < -0.39 is 49.0 Å². The van der Waals surface area contributed by atoms with Crippen LogP contribution < -0.4 is 11.2 Å². The highest BCUT2D eigenvalue weighted by atomic mass is 16.6. The third-order valence-corrected chi connectivity index (χ3v) is 3.00. The molecule has 5 N–H and O–H groups in total. The molecule has 0 saturated carbocycles. The number of nitrogens with one attached hydrogen (secondary N) is 1. The lowest BCUT2D eigenvalue weighted by atomic mass is 10.1. The summed E-state index contributed by atoms with van der Waals surface area (Å²) in [6.45, 7) is -1.12. The van der Waals surface area contributed by atoms with Crippen molar-refractivity contribution >= 4 is 0 Å². The van der Waals surface area contributed by atoms with Crippen LogP contribution in [0.5, 0.6) is 0 Å². The molecule has 19 heavy (non-hydrogen) atoms. The molecule has 0 spiro atoms. The second-order valence-corrected chi connectivity index (χ2v) is 4.21. The Morgan fingerprint density at radius 1 is 1.26 bits per heavy atom. The Hall–Kier alpha value is -1.52. The lowest BCUT2D eigenvalue weighted by molar-refractivity contribution is -0.0552. The highest BCUT2D eigenvalue weighted by Gasteiger charge is 2.43. The van der Waals surface area contributed by atoms with E-state index in [0.717, 1.165) is 10.8 Å². The van der Waals surface area contributed by atoms with Gasteiger partial charge in [0.25, 0.3) is 5.56 Å². The van der Waals surface area contributed by atoms with Crippen LogP contribution in [0.25, 0.3) is 0 Å². The van der Waals surface area contributed by atoms with E-state index in [1.807, 2.05) is 4.98 Å². The van der Waals surface area contributed by atoms with E-state index in [1.54, 1.807) is 0 Å². The molecule has 0 aliphatic carbocycles. The van der Waals surface area contributed by atoms with Crippen LogP contribution in [0.4, 0.5) is 0 Å². The summed E-state index contributed by atoms with van der Waals surface area (Å²) in [4.78, 5) is 24.9. The van der Waals surface area contributed by atoms with Gasteiger partial charge in [-0.25, -0.2) is 4.79 Å². The molecule has 9 heteroatoms. The van der Waals surface area contributed by atoms with E-state index in [1.165, 1.54) is 0 Å². The van der Waals surface area contributed by atoms with E-state index in [-0.39, 0.29) is 5.56 Å². The van der Waals surface area contributed by atoms with Gasteiger partial charge in [0, 0.05) is 6.20 Å². The summed E-state index contributed by atoms with van der Waals surface area (Å²) >= 11 is 0. The number of aromatic amines is 1. The van der Waals surface area contributed by atoms with Gasteiger partial charge in [-0.3, -0.25) is 14.3 Å². The third kappa shape index (κ3) is 2.33. The van der Waals surface area contributed by atoms with Gasteiger partial charge in [0.15, 0.2) is 6.23 Å². The van der Waals surface area contributed by atoms with E-state index in [2.05, 4.69) is 0 Å². The average molecular weight is 274 g/mol. The number of H-pyrrole nitrogens is 1. The predicted octanol–water partition coefficient (Wildman–Crippen LogP) is -3.36. The summed E-state index contributed by atoms with van der Waals surface area (Å²) in [5.74, 6) is 0. The maximum atomic E-state index is 11.6. The van der Waals surface area contributed by atoms with Crippen molar-refractivity contribution in [2.45, 2.75) is 31.1 Å². The minimum Gasteiger partial charge on any atom is -0.394 e. The molecule has 1 aromatic heterocycles. The minimum absolute atomic E-state index is 0.0858. The Labute approximate surface area is 106 Å². The summed E-state index contributed by atoms with van der Waals surface area (Å²) in [6, 6.07) is 0. The van der Waals surface area contributed by atoms with Gasteiger partial charge in [-0.1, -0.05) is 0 Å². The van der Waals surface area contributed by atoms with Gasteiger partial charge in [-0.15, -0.1) is 0 Å². The van der Waals surface area contributed by atoms with Gasteiger partial charge in [0.2, 0.25) is 0 Å². The third-order valence-electron chi connectivity index (χ3n) is 3.00. The van der Waals surface area contributed by atoms with Gasteiger partial charge < -0.3 is 25.2 Å². The lowest BCUT2D eigenvalue weighted by Gasteiger charge is -2.17. The van der Waals surface area contributed by atoms with Crippen molar-refractivity contribution in [2.24, 2.45) is 0 Å². The van der Waals surface area contributed by atoms with E-state index in [0.29, 0.717) is 0 Å². The zero-order valence-corrected chi connectivity index (χ0v) is 9.76. The molecule has 4 atom stereocenters. The zero-order chi connectivity index (χ0) is 14.2. The van der Waals surface area contributed by atoms with Crippen molar-refractivity contribution in [1.82, 2.24) is 9.55 Å². The first-order chi connectivity index (χ1) is 8.99. The molecular formula is C10H14N2O7. The van der Waals surface area contributed by atoms with Crippen LogP contribution in [0.1, 0.15) is 11.8 Å². The Bertz CT molecular complexity index is 566. The van der Waals surface area contributed by atoms with Crippen LogP contribution in [0.15, 0.2) is 15.8 Å². The predicted molar refractivity (Wildman–Crippen MR) is 60.3 cm³/mol. The normalized spacial score (nSPS) is 30.7. The molecular weight excluding hydrogens is 260 g/mol. The van der Waals surface area contributed by atoms with Gasteiger partial charge >= 0.3 is 5.69 Å². The van der Waals surface area contributed by atoms with Gasteiger partial charge in [-0.05, 0) is 0 Å². The van der Waals surface area contributed by atoms with Crippen molar-refractivity contribution < 1.29 is 25.2 Å². The molecule has 0 aromatic carbocycles. The highest BCUT2D eigenvalue weighted by Crippen LogP contribution is 2.27. The maximum Gasteiger partial charge on any atom is 0.330 e. The number of rotatable bonds is 3. The van der Waals surface area contributed by atoms with Crippen molar-refractivity contribution in [2.75, 3.05) is 6.61 Å². The fraction of sp³-hybridized carbons (Fsp3) is 0.600. The number of hydrogen-bond donors (Lipinski definition) is 5. The summed E-state index contributed by atoms with van der Waals surface area (Å²) < 4.78 is 6.01. The standard InChI is InChI=1S/C10H14N2O7/c13-2-4-1-12(10(18)11-8(4)17)9-7(16)6(15)5(3-14)19-9/h1,5-7,9,13-16H,2-3H2,(H,11,17,18)/t5-,6+,7+,9-/m1/s1. The summed E-state index contributed by atoms with van der Waals surface area (Å²) in [6.07, 6.45) is -4.03. The highest BCUT2D eigenvalue weighted by molar-refractivity contribution is 5.04. The van der Waals surface area contributed by atoms with Crippen LogP contribution in [-0.2, 0) is 11.3 Å². The molecule has 2 heterocycles. The number of aliphatic hydroxyl groups is 4. The fourth-order valence-electron chi connectivity index (χ4n) is 1.94. The smallest absolute Gasteiger partial charge is 0.330 e. The van der Waals surface area contributed by atoms with E-state index >= 15 is 0 Å². The second-order valence-electron chi connectivity index (χ2n) is 4.21. The largest absolute Gasteiger partial charge is 0.394 e. The topological polar surface area (TPSA) is 145 Å². The molecule has 0 amide bonds. The first kappa shape index (κ1) is 13.9. The number of aromatic nitrogens is 2. The zero-order valence-electron chi connectivity index (χ0n) is 9.76. The van der Waals surface area contributed by atoms with Crippen molar-refractivity contribution in [1.29, 1.82) is 0 Å². The van der Waals surface area contributed by atoms with E-state index in [4.69, 9.17) is 14.9 Å². The molecule has 1 fully saturated rings. The summed E-state index contributed by atoms with van der Waals surface area (Å²) in [7, 11) is 0. The van der Waals surface area contributed by atoms with Gasteiger partial charge in [-0.2, -0.15) is 0 Å². The fourth-order valence-corrected chi connectivity index (χ4v) is 1.94. The quantitative estimate of drug-likeness (QED) is 0.387. The van der Waals surface area contributed by atoms with Crippen LogP contribution in [-0.4, -0.2) is 54.9 Å². The van der Waals surface area contributed by atoms with Crippen LogP contribution >= 0.6 is 0 Å². The molecule has 106 valence electrons. The molecule has 0 unspecified atom stereocenters. The van der Waals surface area contributed by atoms with Crippen LogP contribution in [0.2, 0.25) is 0 Å². The molecule has 1 aliphatic rings. The average Bonchev–Trinajstić information content (AvgIpc) is 2.67. The Balaban J connectivity index is 2.43. The molecule has 1 aliphatic heterocycles. The van der Waals surface area contributed by atoms with Crippen molar-refractivity contribution in [3.8, 4) is 0 Å². The Morgan fingerprint density at radius 3 is 2.47 bits per heavy atom. The summed E-state index contributed by atoms with van der Waals surface area (Å²) in [5, 5.41) is 37.3. The van der Waals surface area contributed by atoms with Gasteiger partial charge in [0.05, 0.1) is 18.8 Å². The summed E-state index contributed by atoms with van der Waals surface area (Å²) in [5.41, 5.74) is -1.68. The molecule has 0 radical (unpaired) electrons. The van der Waals surface area contributed by atoms with Crippen LogP contribution in [0, 0.1) is 0 Å². The Kier molecular flexibility index (Phi) is 3.83. The van der Waals surface area contributed by atoms with Crippen LogP contribution in [0.3, 0.4) is 0 Å². The molecule has 2 rings (SSSR count). The van der Waals surface area contributed by atoms with E-state index in [9.17, 15) is 19.8 Å². The number of nitrogens with zero attached hydrogens (tertiary/aromatic N) is 1. The monoisotopic (exact) mass is 274 g/mol. The number of ether oxygens (including phenoxy) is 1. The van der Waals surface area contributed by atoms with Crippen molar-refractivity contribution in [3.63, 3.8) is 0 Å². The lowest BCUT2D eigenvalue weighted by Crippen LogP contribution is -2.38. The molecule has 9 nitrogen and oxygen atoms in total. The number of hydrogen-bond acceptors (Lipinski definition) is 7. The second kappa shape index (κ2) is 5.23. The van der Waals surface area contributed by atoms with Gasteiger partial charge in [0.1, 0.15) is 18.3 Å². The maximum absolute atomic E-state index is 11.6. The van der Waals surface area contributed by atoms with Crippen molar-refractivity contribution in [3.05, 3.63) is 32.6 Å². The Morgan fingerprint density at radius 2 is 1.95 bits per heavy atom. The minimum atomic E-state index is -1.44. The SMILES string of the molecule is O=c1[nH]c(=O)n([C@@H]2O[C@H](CO)[C@H](O)[C@@H]2O)cc1CO. The molecule has 1 aromatic rings.